The number of benzene rings is 1. The Hall–Kier alpha value is -1.84. The van der Waals surface area contributed by atoms with Crippen molar-refractivity contribution in [3.05, 3.63) is 29.8 Å². The van der Waals surface area contributed by atoms with Gasteiger partial charge in [-0.25, -0.2) is 0 Å². The first-order chi connectivity index (χ1) is 10.6. The molecular weight excluding hydrogens is 276 g/mol. The summed E-state index contributed by atoms with van der Waals surface area (Å²) in [6.45, 7) is 3.99. The molecule has 0 radical (unpaired) electrons. The van der Waals surface area contributed by atoms with E-state index in [9.17, 15) is 9.59 Å². The van der Waals surface area contributed by atoms with Crippen molar-refractivity contribution in [1.29, 1.82) is 0 Å². The number of hydrogen-bond acceptors (Lipinski definition) is 2. The monoisotopic (exact) mass is 300 g/mol. The maximum absolute atomic E-state index is 12.3. The van der Waals surface area contributed by atoms with Crippen molar-refractivity contribution in [3.8, 4) is 0 Å². The van der Waals surface area contributed by atoms with E-state index in [1.807, 2.05) is 23.1 Å². The van der Waals surface area contributed by atoms with Crippen LogP contribution in [0, 0.1) is 11.8 Å². The number of anilines is 1. The number of hydrogen-bond donors (Lipinski definition) is 1. The number of nitrogens with one attached hydrogen (secondary N) is 1. The lowest BCUT2D eigenvalue weighted by atomic mass is 9.89. The summed E-state index contributed by atoms with van der Waals surface area (Å²) in [7, 11) is 0. The van der Waals surface area contributed by atoms with E-state index in [0.717, 1.165) is 44.0 Å². The Labute approximate surface area is 131 Å². The van der Waals surface area contributed by atoms with Gasteiger partial charge in [0.15, 0.2) is 0 Å². The summed E-state index contributed by atoms with van der Waals surface area (Å²) in [5.41, 5.74) is 2.09. The first-order valence-corrected chi connectivity index (χ1v) is 8.30. The molecule has 1 aromatic carbocycles. The highest BCUT2D eigenvalue weighted by atomic mass is 16.2. The minimum absolute atomic E-state index is 0.0544. The maximum Gasteiger partial charge on any atom is 0.227 e. The van der Waals surface area contributed by atoms with Crippen LogP contribution in [0.4, 0.5) is 5.69 Å². The Balaban J connectivity index is 1.53. The van der Waals surface area contributed by atoms with Crippen LogP contribution in [0.3, 0.4) is 0 Å². The molecule has 0 aromatic heterocycles. The maximum atomic E-state index is 12.3. The summed E-state index contributed by atoms with van der Waals surface area (Å²) in [6, 6.07) is 7.91. The third-order valence-corrected chi connectivity index (χ3v) is 4.96. The summed E-state index contributed by atoms with van der Waals surface area (Å²) in [4.78, 5) is 26.4. The van der Waals surface area contributed by atoms with E-state index in [0.29, 0.717) is 12.8 Å². The highest BCUT2D eigenvalue weighted by Gasteiger charge is 2.27. The molecule has 2 amide bonds. The molecule has 1 N–H and O–H groups in total. The van der Waals surface area contributed by atoms with Gasteiger partial charge < -0.3 is 10.2 Å². The molecule has 1 saturated heterocycles. The fourth-order valence-electron chi connectivity index (χ4n) is 3.36. The second-order valence-electron chi connectivity index (χ2n) is 6.65. The second-order valence-corrected chi connectivity index (χ2v) is 6.65. The van der Waals surface area contributed by atoms with E-state index in [1.165, 1.54) is 5.56 Å². The lowest BCUT2D eigenvalue weighted by Gasteiger charge is -2.31. The van der Waals surface area contributed by atoms with Crippen LogP contribution >= 0.6 is 0 Å². The fraction of sp³-hybridized carbons (Fsp3) is 0.556. The summed E-state index contributed by atoms with van der Waals surface area (Å²) >= 11 is 0. The van der Waals surface area contributed by atoms with Gasteiger partial charge >= 0.3 is 0 Å². The molecule has 118 valence electrons. The molecule has 0 saturated carbocycles. The van der Waals surface area contributed by atoms with Crippen molar-refractivity contribution in [2.24, 2.45) is 11.8 Å². The first-order valence-electron chi connectivity index (χ1n) is 8.30. The standard InChI is InChI=1S/C18H24N2O2/c1-13-8-10-20(11-9-13)17(21)7-6-15-12-14-4-2-3-5-16(14)19-18(15)22/h2-5,13,15H,6-12H2,1H3,(H,19,22). The predicted octanol–water partition coefficient (Wildman–Crippen LogP) is 2.84. The normalized spacial score (nSPS) is 22.1. The number of piperidine rings is 1. The van der Waals surface area contributed by atoms with Crippen LogP contribution in [0.15, 0.2) is 24.3 Å². The molecule has 1 atom stereocenters. The number of carbonyl (C=O) groups excluding carboxylic acids is 2. The Kier molecular flexibility index (Phi) is 4.46. The molecule has 4 heteroatoms. The van der Waals surface area contributed by atoms with E-state index in [-0.39, 0.29) is 17.7 Å². The van der Waals surface area contributed by atoms with Gasteiger partial charge in [0.1, 0.15) is 0 Å². The Morgan fingerprint density at radius 3 is 2.77 bits per heavy atom. The molecular formula is C18H24N2O2. The molecule has 2 aliphatic heterocycles. The molecule has 1 unspecified atom stereocenters. The molecule has 0 aliphatic carbocycles. The van der Waals surface area contributed by atoms with Gasteiger partial charge in [-0.05, 0) is 43.2 Å². The molecule has 0 spiro atoms. The predicted molar refractivity (Wildman–Crippen MR) is 86.5 cm³/mol. The van der Waals surface area contributed by atoms with Gasteiger partial charge in [0.25, 0.3) is 0 Å². The number of nitrogens with zero attached hydrogens (tertiary/aromatic N) is 1. The summed E-state index contributed by atoms with van der Waals surface area (Å²) in [5, 5.41) is 2.96. The SMILES string of the molecule is CC1CCN(C(=O)CCC2Cc3ccccc3NC2=O)CC1. The van der Waals surface area contributed by atoms with E-state index >= 15 is 0 Å². The topological polar surface area (TPSA) is 49.4 Å². The van der Waals surface area contributed by atoms with E-state index < -0.39 is 0 Å². The highest BCUT2D eigenvalue weighted by Crippen LogP contribution is 2.28. The van der Waals surface area contributed by atoms with Crippen molar-refractivity contribution in [2.45, 2.75) is 39.0 Å². The van der Waals surface area contributed by atoms with Crippen molar-refractivity contribution in [3.63, 3.8) is 0 Å². The van der Waals surface area contributed by atoms with Crippen molar-refractivity contribution in [2.75, 3.05) is 18.4 Å². The molecule has 2 heterocycles. The third-order valence-electron chi connectivity index (χ3n) is 4.96. The van der Waals surface area contributed by atoms with Gasteiger partial charge in [0, 0.05) is 31.1 Å². The number of likely N-dealkylation sites (tertiary alicyclic amines) is 1. The number of para-hydroxylation sites is 1. The molecule has 1 fully saturated rings. The van der Waals surface area contributed by atoms with Gasteiger partial charge in [-0.3, -0.25) is 9.59 Å². The average molecular weight is 300 g/mol. The zero-order valence-electron chi connectivity index (χ0n) is 13.2. The minimum Gasteiger partial charge on any atom is -0.343 e. The zero-order valence-corrected chi connectivity index (χ0v) is 13.2. The van der Waals surface area contributed by atoms with E-state index in [1.54, 1.807) is 0 Å². The summed E-state index contributed by atoms with van der Waals surface area (Å²) < 4.78 is 0. The molecule has 1 aromatic rings. The molecule has 3 rings (SSSR count). The lowest BCUT2D eigenvalue weighted by Crippen LogP contribution is -2.38. The van der Waals surface area contributed by atoms with Crippen molar-refractivity contribution >= 4 is 17.5 Å². The number of amides is 2. The second kappa shape index (κ2) is 6.51. The minimum atomic E-state index is -0.0810. The fourth-order valence-corrected chi connectivity index (χ4v) is 3.36. The van der Waals surface area contributed by atoms with Crippen LogP contribution in [-0.4, -0.2) is 29.8 Å². The van der Waals surface area contributed by atoms with Crippen LogP contribution in [0.25, 0.3) is 0 Å². The molecule has 0 bridgehead atoms. The highest BCUT2D eigenvalue weighted by molar-refractivity contribution is 5.96. The third kappa shape index (κ3) is 3.32. The first kappa shape index (κ1) is 15.1. The Bertz CT molecular complexity index is 562. The Morgan fingerprint density at radius 1 is 1.27 bits per heavy atom. The summed E-state index contributed by atoms with van der Waals surface area (Å²) in [6.07, 6.45) is 4.07. The van der Waals surface area contributed by atoms with E-state index in [4.69, 9.17) is 0 Å². The van der Waals surface area contributed by atoms with Gasteiger partial charge in [-0.15, -0.1) is 0 Å². The Morgan fingerprint density at radius 2 is 2.00 bits per heavy atom. The molecule has 2 aliphatic rings. The van der Waals surface area contributed by atoms with Crippen LogP contribution in [0.2, 0.25) is 0 Å². The number of carbonyl (C=O) groups is 2. The van der Waals surface area contributed by atoms with Crippen LogP contribution < -0.4 is 5.32 Å². The van der Waals surface area contributed by atoms with Gasteiger partial charge in [0.05, 0.1) is 0 Å². The van der Waals surface area contributed by atoms with Gasteiger partial charge in [-0.2, -0.15) is 0 Å². The van der Waals surface area contributed by atoms with Gasteiger partial charge in [0.2, 0.25) is 11.8 Å². The molecule has 22 heavy (non-hydrogen) atoms. The smallest absolute Gasteiger partial charge is 0.227 e. The molecule has 4 nitrogen and oxygen atoms in total. The van der Waals surface area contributed by atoms with Crippen molar-refractivity contribution in [1.82, 2.24) is 4.90 Å². The summed E-state index contributed by atoms with van der Waals surface area (Å²) in [5.74, 6) is 0.907. The van der Waals surface area contributed by atoms with Crippen LogP contribution in [-0.2, 0) is 16.0 Å². The average Bonchev–Trinajstić information content (AvgIpc) is 2.53. The largest absolute Gasteiger partial charge is 0.343 e. The number of rotatable bonds is 3. The lowest BCUT2D eigenvalue weighted by molar-refractivity contribution is -0.133. The van der Waals surface area contributed by atoms with Gasteiger partial charge in [-0.1, -0.05) is 25.1 Å². The van der Waals surface area contributed by atoms with E-state index in [2.05, 4.69) is 18.3 Å². The quantitative estimate of drug-likeness (QED) is 0.933. The van der Waals surface area contributed by atoms with Crippen LogP contribution in [0.1, 0.15) is 38.2 Å². The number of fused-ring (bicyclic) bond motifs is 1. The zero-order chi connectivity index (χ0) is 15.5. The van der Waals surface area contributed by atoms with Crippen LogP contribution in [0.5, 0.6) is 0 Å². The van der Waals surface area contributed by atoms with Crippen molar-refractivity contribution < 1.29 is 9.59 Å².